The van der Waals surface area contributed by atoms with Crippen molar-refractivity contribution in [1.29, 1.82) is 0 Å². The van der Waals surface area contributed by atoms with Crippen molar-refractivity contribution >= 4 is 5.91 Å². The number of amides is 1. The predicted molar refractivity (Wildman–Crippen MR) is 86.3 cm³/mol. The molecule has 120 valence electrons. The molecule has 0 bridgehead atoms. The van der Waals surface area contributed by atoms with Gasteiger partial charge in [0, 0.05) is 12.0 Å². The molecule has 0 aromatic heterocycles. The number of aliphatic hydroxyl groups is 1. The van der Waals surface area contributed by atoms with Gasteiger partial charge < -0.3 is 15.7 Å². The van der Waals surface area contributed by atoms with E-state index >= 15 is 0 Å². The van der Waals surface area contributed by atoms with Crippen molar-refractivity contribution in [3.05, 3.63) is 35.9 Å². The summed E-state index contributed by atoms with van der Waals surface area (Å²) >= 11 is 0. The third kappa shape index (κ3) is 3.03. The summed E-state index contributed by atoms with van der Waals surface area (Å²) < 4.78 is 0. The molecule has 1 saturated heterocycles. The van der Waals surface area contributed by atoms with Gasteiger partial charge in [-0.05, 0) is 44.3 Å². The van der Waals surface area contributed by atoms with Crippen molar-refractivity contribution < 1.29 is 9.90 Å². The van der Waals surface area contributed by atoms with E-state index in [4.69, 9.17) is 0 Å². The van der Waals surface area contributed by atoms with Gasteiger partial charge in [0.25, 0.3) is 5.91 Å². The van der Waals surface area contributed by atoms with Gasteiger partial charge in [-0.1, -0.05) is 43.2 Å². The molecule has 1 aromatic carbocycles. The number of nitrogens with one attached hydrogen (secondary N) is 2. The summed E-state index contributed by atoms with van der Waals surface area (Å²) in [4.78, 5) is 12.9. The first-order valence-corrected chi connectivity index (χ1v) is 8.51. The zero-order valence-corrected chi connectivity index (χ0v) is 13.1. The number of carbonyl (C=O) groups is 1. The Kier molecular flexibility index (Phi) is 4.79. The highest BCUT2D eigenvalue weighted by molar-refractivity contribution is 5.87. The lowest BCUT2D eigenvalue weighted by Crippen LogP contribution is -2.53. The number of hydrogen-bond donors (Lipinski definition) is 3. The molecule has 3 N–H and O–H groups in total. The van der Waals surface area contributed by atoms with Crippen molar-refractivity contribution in [1.82, 2.24) is 10.6 Å². The van der Waals surface area contributed by atoms with Crippen molar-refractivity contribution in [2.45, 2.75) is 50.2 Å². The van der Waals surface area contributed by atoms with Gasteiger partial charge in [-0.3, -0.25) is 4.79 Å². The van der Waals surface area contributed by atoms with E-state index in [1.54, 1.807) is 0 Å². The first kappa shape index (κ1) is 15.5. The first-order chi connectivity index (χ1) is 10.7. The van der Waals surface area contributed by atoms with Gasteiger partial charge in [-0.2, -0.15) is 0 Å². The molecule has 1 aliphatic carbocycles. The molecule has 1 saturated carbocycles. The summed E-state index contributed by atoms with van der Waals surface area (Å²) in [5, 5.41) is 17.8. The van der Waals surface area contributed by atoms with Gasteiger partial charge in [-0.15, -0.1) is 0 Å². The number of benzene rings is 1. The van der Waals surface area contributed by atoms with Crippen molar-refractivity contribution in [3.8, 4) is 0 Å². The smallest absolute Gasteiger partial charge is 0.257 e. The van der Waals surface area contributed by atoms with Crippen LogP contribution in [0.15, 0.2) is 30.3 Å². The van der Waals surface area contributed by atoms with Crippen LogP contribution in [0.3, 0.4) is 0 Å². The highest BCUT2D eigenvalue weighted by Crippen LogP contribution is 2.40. The summed E-state index contributed by atoms with van der Waals surface area (Å²) in [6, 6.07) is 9.63. The second-order valence-corrected chi connectivity index (χ2v) is 6.61. The summed E-state index contributed by atoms with van der Waals surface area (Å²) in [6.07, 6.45) is 5.90. The van der Waals surface area contributed by atoms with Crippen LogP contribution in [0, 0.1) is 5.92 Å². The largest absolute Gasteiger partial charge is 0.375 e. The summed E-state index contributed by atoms with van der Waals surface area (Å²) in [7, 11) is 0. The zero-order chi connectivity index (χ0) is 15.4. The average molecular weight is 302 g/mol. The Hall–Kier alpha value is -1.39. The monoisotopic (exact) mass is 302 g/mol. The molecule has 22 heavy (non-hydrogen) atoms. The van der Waals surface area contributed by atoms with Crippen LogP contribution in [0.25, 0.3) is 0 Å². The molecule has 1 atom stereocenters. The molecule has 2 aliphatic rings. The Morgan fingerprint density at radius 3 is 2.36 bits per heavy atom. The summed E-state index contributed by atoms with van der Waals surface area (Å²) in [5.41, 5.74) is -0.656. The molecule has 1 amide bonds. The van der Waals surface area contributed by atoms with Crippen LogP contribution >= 0.6 is 0 Å². The van der Waals surface area contributed by atoms with E-state index in [1.807, 2.05) is 30.3 Å². The van der Waals surface area contributed by atoms with Gasteiger partial charge >= 0.3 is 0 Å². The SMILES string of the molecule is O=C(NC1CCNCC1)[C@](O)(c1ccccc1)C1CCCC1. The van der Waals surface area contributed by atoms with Crippen LogP contribution in [0.2, 0.25) is 0 Å². The standard InChI is InChI=1S/C18H26N2O2/c21-17(20-16-10-12-19-13-11-16)18(22,15-8-4-5-9-15)14-6-2-1-3-7-14/h1-3,6-7,15-16,19,22H,4-5,8-13H2,(H,20,21)/t18-/m0/s1. The Morgan fingerprint density at radius 2 is 1.73 bits per heavy atom. The summed E-state index contributed by atoms with van der Waals surface area (Å²) in [5.74, 6) is -0.186. The third-order valence-electron chi connectivity index (χ3n) is 5.18. The maximum Gasteiger partial charge on any atom is 0.257 e. The quantitative estimate of drug-likeness (QED) is 0.796. The van der Waals surface area contributed by atoms with Crippen molar-refractivity contribution in [2.75, 3.05) is 13.1 Å². The summed E-state index contributed by atoms with van der Waals surface area (Å²) in [6.45, 7) is 1.86. The molecule has 1 aromatic rings. The molecule has 0 radical (unpaired) electrons. The Morgan fingerprint density at radius 1 is 1.09 bits per heavy atom. The van der Waals surface area contributed by atoms with Crippen LogP contribution in [-0.2, 0) is 10.4 Å². The third-order valence-corrected chi connectivity index (χ3v) is 5.18. The van der Waals surface area contributed by atoms with Crippen LogP contribution in [0.1, 0.15) is 44.1 Å². The number of rotatable bonds is 4. The van der Waals surface area contributed by atoms with E-state index in [1.165, 1.54) is 0 Å². The second kappa shape index (κ2) is 6.80. The highest BCUT2D eigenvalue weighted by Gasteiger charge is 2.46. The molecule has 1 heterocycles. The molecule has 1 aliphatic heterocycles. The molecule has 0 unspecified atom stereocenters. The Bertz CT molecular complexity index is 493. The first-order valence-electron chi connectivity index (χ1n) is 8.51. The van der Waals surface area contributed by atoms with Crippen molar-refractivity contribution in [3.63, 3.8) is 0 Å². The van der Waals surface area contributed by atoms with Gasteiger partial charge in [0.05, 0.1) is 0 Å². The van der Waals surface area contributed by atoms with Gasteiger partial charge in [0.2, 0.25) is 0 Å². The molecule has 3 rings (SSSR count). The fourth-order valence-electron chi connectivity index (χ4n) is 3.85. The second-order valence-electron chi connectivity index (χ2n) is 6.61. The van der Waals surface area contributed by atoms with E-state index in [0.29, 0.717) is 0 Å². The molecular formula is C18H26N2O2. The molecular weight excluding hydrogens is 276 g/mol. The fourth-order valence-corrected chi connectivity index (χ4v) is 3.85. The molecule has 4 heteroatoms. The highest BCUT2D eigenvalue weighted by atomic mass is 16.3. The van der Waals surface area contributed by atoms with Crippen LogP contribution in [0.5, 0.6) is 0 Å². The van der Waals surface area contributed by atoms with E-state index in [9.17, 15) is 9.90 Å². The lowest BCUT2D eigenvalue weighted by Gasteiger charge is -2.35. The van der Waals surface area contributed by atoms with E-state index < -0.39 is 5.60 Å². The lowest BCUT2D eigenvalue weighted by molar-refractivity contribution is -0.148. The lowest BCUT2D eigenvalue weighted by atomic mass is 9.79. The normalized spacial score (nSPS) is 23.1. The maximum absolute atomic E-state index is 12.9. The van der Waals surface area contributed by atoms with Crippen LogP contribution in [0.4, 0.5) is 0 Å². The molecule has 0 spiro atoms. The van der Waals surface area contributed by atoms with E-state index in [0.717, 1.165) is 57.2 Å². The Balaban J connectivity index is 1.82. The number of piperidine rings is 1. The Labute approximate surface area is 132 Å². The minimum atomic E-state index is -1.39. The van der Waals surface area contributed by atoms with Gasteiger partial charge in [0.15, 0.2) is 5.60 Å². The minimum Gasteiger partial charge on any atom is -0.375 e. The predicted octanol–water partition coefficient (Wildman–Crippen LogP) is 1.93. The van der Waals surface area contributed by atoms with Crippen molar-refractivity contribution in [2.24, 2.45) is 5.92 Å². The fraction of sp³-hybridized carbons (Fsp3) is 0.611. The van der Waals surface area contributed by atoms with Crippen LogP contribution in [-0.4, -0.2) is 30.1 Å². The maximum atomic E-state index is 12.9. The van der Waals surface area contributed by atoms with E-state index in [2.05, 4.69) is 10.6 Å². The minimum absolute atomic E-state index is 0.0246. The number of carbonyl (C=O) groups excluding carboxylic acids is 1. The topological polar surface area (TPSA) is 61.4 Å². The zero-order valence-electron chi connectivity index (χ0n) is 13.1. The molecule has 4 nitrogen and oxygen atoms in total. The van der Waals surface area contributed by atoms with Crippen LogP contribution < -0.4 is 10.6 Å². The molecule has 2 fully saturated rings. The van der Waals surface area contributed by atoms with Gasteiger partial charge in [0.1, 0.15) is 0 Å². The number of hydrogen-bond acceptors (Lipinski definition) is 3. The van der Waals surface area contributed by atoms with E-state index in [-0.39, 0.29) is 17.9 Å². The average Bonchev–Trinajstić information content (AvgIpc) is 3.11. The van der Waals surface area contributed by atoms with Gasteiger partial charge in [-0.25, -0.2) is 0 Å².